The summed E-state index contributed by atoms with van der Waals surface area (Å²) >= 11 is 3.46. The molecule has 5 nitrogen and oxygen atoms in total. The van der Waals surface area contributed by atoms with E-state index >= 15 is 0 Å². The number of carbonyl (C=O) groups is 1. The van der Waals surface area contributed by atoms with E-state index in [0.717, 1.165) is 60.3 Å². The lowest BCUT2D eigenvalue weighted by atomic mass is 10.1. The number of hydrogen-bond donors (Lipinski definition) is 1. The van der Waals surface area contributed by atoms with Crippen LogP contribution in [0.1, 0.15) is 29.4 Å². The highest BCUT2D eigenvalue weighted by molar-refractivity contribution is 9.10. The zero-order chi connectivity index (χ0) is 17.8. The zero-order valence-corrected chi connectivity index (χ0v) is 16.3. The maximum atomic E-state index is 12.8. The average Bonchev–Trinajstić information content (AvgIpc) is 2.59. The van der Waals surface area contributed by atoms with Crippen molar-refractivity contribution < 1.29 is 9.53 Å². The molecule has 1 N–H and O–H groups in total. The normalized spacial score (nSPS) is 16.8. The van der Waals surface area contributed by atoms with E-state index in [2.05, 4.69) is 38.1 Å². The first-order chi connectivity index (χ1) is 12.0. The number of amides is 1. The number of halogens is 1. The minimum Gasteiger partial charge on any atom is -0.379 e. The summed E-state index contributed by atoms with van der Waals surface area (Å²) in [4.78, 5) is 19.7. The van der Waals surface area contributed by atoms with Crippen LogP contribution >= 0.6 is 15.9 Å². The van der Waals surface area contributed by atoms with E-state index in [1.165, 1.54) is 0 Å². The monoisotopic (exact) mass is 405 g/mol. The number of aromatic nitrogens is 1. The maximum absolute atomic E-state index is 12.8. The van der Waals surface area contributed by atoms with Crippen LogP contribution in [0.15, 0.2) is 28.7 Å². The zero-order valence-electron chi connectivity index (χ0n) is 14.7. The van der Waals surface area contributed by atoms with Gasteiger partial charge in [0.05, 0.1) is 24.3 Å². The minimum absolute atomic E-state index is 0.0349. The van der Waals surface area contributed by atoms with Crippen molar-refractivity contribution >= 4 is 32.7 Å². The van der Waals surface area contributed by atoms with Gasteiger partial charge in [-0.15, -0.1) is 0 Å². The van der Waals surface area contributed by atoms with Crippen LogP contribution in [0, 0.1) is 6.92 Å². The van der Waals surface area contributed by atoms with Crippen molar-refractivity contribution in [2.75, 3.05) is 32.8 Å². The molecular formula is C19H24BrN3O2. The summed E-state index contributed by atoms with van der Waals surface area (Å²) in [6.45, 7) is 8.52. The van der Waals surface area contributed by atoms with Crippen LogP contribution in [0.2, 0.25) is 0 Å². The molecule has 1 aliphatic rings. The highest BCUT2D eigenvalue weighted by Crippen LogP contribution is 2.22. The third-order valence-corrected chi connectivity index (χ3v) is 5.00. The van der Waals surface area contributed by atoms with E-state index in [1.54, 1.807) is 0 Å². The number of pyridine rings is 1. The van der Waals surface area contributed by atoms with E-state index in [1.807, 2.05) is 31.2 Å². The van der Waals surface area contributed by atoms with Gasteiger partial charge < -0.3 is 10.1 Å². The fraction of sp³-hybridized carbons (Fsp3) is 0.474. The molecule has 2 aromatic rings. The van der Waals surface area contributed by atoms with Gasteiger partial charge >= 0.3 is 0 Å². The summed E-state index contributed by atoms with van der Waals surface area (Å²) in [7, 11) is 0. The summed E-state index contributed by atoms with van der Waals surface area (Å²) in [6, 6.07) is 7.81. The number of carbonyl (C=O) groups excluding carboxylic acids is 1. The van der Waals surface area contributed by atoms with Gasteiger partial charge in [0, 0.05) is 41.2 Å². The van der Waals surface area contributed by atoms with Crippen molar-refractivity contribution in [3.8, 4) is 0 Å². The molecule has 134 valence electrons. The summed E-state index contributed by atoms with van der Waals surface area (Å²) in [6.07, 6.45) is 0.930. The molecule has 0 spiro atoms. The minimum atomic E-state index is -0.0349. The molecule has 0 aliphatic carbocycles. The molecule has 1 amide bonds. The highest BCUT2D eigenvalue weighted by Gasteiger charge is 2.16. The molecule has 1 fully saturated rings. The molecule has 2 heterocycles. The first-order valence-electron chi connectivity index (χ1n) is 8.71. The Hall–Kier alpha value is -1.50. The first kappa shape index (κ1) is 18.3. The van der Waals surface area contributed by atoms with Crippen molar-refractivity contribution in [2.45, 2.75) is 26.3 Å². The van der Waals surface area contributed by atoms with Crippen LogP contribution < -0.4 is 5.32 Å². The second-order valence-electron chi connectivity index (χ2n) is 6.59. The number of fused-ring (bicyclic) bond motifs is 1. The highest BCUT2D eigenvalue weighted by atomic mass is 79.9. The van der Waals surface area contributed by atoms with Gasteiger partial charge in [-0.25, -0.2) is 0 Å². The Morgan fingerprint density at radius 2 is 2.12 bits per heavy atom. The van der Waals surface area contributed by atoms with Crippen LogP contribution in [0.25, 0.3) is 10.9 Å². The van der Waals surface area contributed by atoms with Crippen LogP contribution in [0.3, 0.4) is 0 Å². The summed E-state index contributed by atoms with van der Waals surface area (Å²) in [5, 5.41) is 4.01. The second kappa shape index (κ2) is 8.25. The molecular weight excluding hydrogens is 382 g/mol. The topological polar surface area (TPSA) is 54.5 Å². The van der Waals surface area contributed by atoms with E-state index in [-0.39, 0.29) is 11.9 Å². The number of ether oxygens (including phenoxy) is 1. The molecule has 6 heteroatoms. The molecule has 1 saturated heterocycles. The maximum Gasteiger partial charge on any atom is 0.252 e. The van der Waals surface area contributed by atoms with Gasteiger partial charge in [0.2, 0.25) is 0 Å². The SMILES string of the molecule is Cc1cc(C(=O)NC(C)CCN2CCOCC2)c2ccc(Br)cc2n1. The number of benzene rings is 1. The Morgan fingerprint density at radius 1 is 1.36 bits per heavy atom. The van der Waals surface area contributed by atoms with Crippen molar-refractivity contribution in [1.29, 1.82) is 0 Å². The third kappa shape index (κ3) is 4.77. The number of nitrogens with zero attached hydrogens (tertiary/aromatic N) is 2. The van der Waals surface area contributed by atoms with Crippen LogP contribution in [0.5, 0.6) is 0 Å². The molecule has 0 saturated carbocycles. The van der Waals surface area contributed by atoms with Crippen LogP contribution in [-0.2, 0) is 4.74 Å². The molecule has 0 bridgehead atoms. The second-order valence-corrected chi connectivity index (χ2v) is 7.51. The molecule has 1 aromatic carbocycles. The summed E-state index contributed by atoms with van der Waals surface area (Å²) in [5.41, 5.74) is 2.37. The standard InChI is InChI=1S/C19H24BrN3O2/c1-13(5-6-23-7-9-25-10-8-23)22-19(24)17-11-14(2)21-18-12-15(20)3-4-16(17)18/h3-4,11-13H,5-10H2,1-2H3,(H,22,24). The number of nitrogens with one attached hydrogen (secondary N) is 1. The Kier molecular flexibility index (Phi) is 6.04. The molecule has 1 aliphatic heterocycles. The van der Waals surface area contributed by atoms with Gasteiger partial charge in [-0.05, 0) is 38.5 Å². The number of hydrogen-bond acceptors (Lipinski definition) is 4. The van der Waals surface area contributed by atoms with Crippen LogP contribution in [0.4, 0.5) is 0 Å². The number of morpholine rings is 1. The lowest BCUT2D eigenvalue weighted by Crippen LogP contribution is -2.40. The van der Waals surface area contributed by atoms with E-state index < -0.39 is 0 Å². The van der Waals surface area contributed by atoms with Crippen molar-refractivity contribution in [2.24, 2.45) is 0 Å². The Bertz CT molecular complexity index is 754. The van der Waals surface area contributed by atoms with Gasteiger partial charge in [0.25, 0.3) is 5.91 Å². The predicted molar refractivity (Wildman–Crippen MR) is 103 cm³/mol. The van der Waals surface area contributed by atoms with Gasteiger partial charge in [-0.1, -0.05) is 22.0 Å². The van der Waals surface area contributed by atoms with E-state index in [9.17, 15) is 4.79 Å². The Balaban J connectivity index is 1.67. The quantitative estimate of drug-likeness (QED) is 0.829. The lowest BCUT2D eigenvalue weighted by molar-refractivity contribution is 0.0363. The number of aryl methyl sites for hydroxylation is 1. The van der Waals surface area contributed by atoms with Crippen molar-refractivity contribution in [3.05, 3.63) is 40.0 Å². The smallest absolute Gasteiger partial charge is 0.252 e. The third-order valence-electron chi connectivity index (χ3n) is 4.50. The molecule has 1 unspecified atom stereocenters. The van der Waals surface area contributed by atoms with E-state index in [0.29, 0.717) is 5.56 Å². The fourth-order valence-corrected chi connectivity index (χ4v) is 3.45. The van der Waals surface area contributed by atoms with Gasteiger partial charge in [0.1, 0.15) is 0 Å². The average molecular weight is 406 g/mol. The molecule has 25 heavy (non-hydrogen) atoms. The Labute approximate surface area is 156 Å². The van der Waals surface area contributed by atoms with Crippen LogP contribution in [-0.4, -0.2) is 54.7 Å². The molecule has 1 atom stereocenters. The number of rotatable bonds is 5. The van der Waals surface area contributed by atoms with Gasteiger partial charge in [-0.3, -0.25) is 14.7 Å². The molecule has 0 radical (unpaired) electrons. The van der Waals surface area contributed by atoms with Gasteiger partial charge in [-0.2, -0.15) is 0 Å². The predicted octanol–water partition coefficient (Wildman–Crippen LogP) is 3.15. The summed E-state index contributed by atoms with van der Waals surface area (Å²) in [5.74, 6) is -0.0349. The largest absolute Gasteiger partial charge is 0.379 e. The molecule has 3 rings (SSSR count). The van der Waals surface area contributed by atoms with Crippen molar-refractivity contribution in [1.82, 2.24) is 15.2 Å². The summed E-state index contributed by atoms with van der Waals surface area (Å²) < 4.78 is 6.33. The first-order valence-corrected chi connectivity index (χ1v) is 9.50. The lowest BCUT2D eigenvalue weighted by Gasteiger charge is -2.27. The van der Waals surface area contributed by atoms with Gasteiger partial charge in [0.15, 0.2) is 0 Å². The molecule has 1 aromatic heterocycles. The Morgan fingerprint density at radius 3 is 2.88 bits per heavy atom. The van der Waals surface area contributed by atoms with E-state index in [4.69, 9.17) is 4.74 Å². The van der Waals surface area contributed by atoms with Crippen molar-refractivity contribution in [3.63, 3.8) is 0 Å². The fourth-order valence-electron chi connectivity index (χ4n) is 3.10.